The van der Waals surface area contributed by atoms with E-state index < -0.39 is 31.2 Å². The highest BCUT2D eigenvalue weighted by molar-refractivity contribution is 8.07. The van der Waals surface area contributed by atoms with Crippen LogP contribution in [0.4, 0.5) is 0 Å². The number of aliphatic hydroxyl groups is 1. The Bertz CT molecular complexity index is 254. The van der Waals surface area contributed by atoms with Crippen LogP contribution in [0.1, 0.15) is 32.6 Å². The summed E-state index contributed by atoms with van der Waals surface area (Å²) in [4.78, 5) is 0. The zero-order chi connectivity index (χ0) is 11.5. The van der Waals surface area contributed by atoms with Gasteiger partial charge in [-0.1, -0.05) is 31.4 Å². The average Bonchev–Trinajstić information content (AvgIpc) is 2.22. The molecule has 6 heteroatoms. The van der Waals surface area contributed by atoms with Gasteiger partial charge in [-0.2, -0.15) is 0 Å². The first-order chi connectivity index (χ1) is 7.03. The fourth-order valence-corrected chi connectivity index (χ4v) is 5.87. The van der Waals surface area contributed by atoms with Crippen molar-refractivity contribution in [3.8, 4) is 0 Å². The Morgan fingerprint density at radius 2 is 1.93 bits per heavy atom. The van der Waals surface area contributed by atoms with Crippen LogP contribution in [0.15, 0.2) is 0 Å². The largest absolute Gasteiger partial charge is 0.389 e. The number of unbranched alkanes of at least 4 members (excludes halogenated alkanes) is 1. The maximum atomic E-state index is 11.8. The van der Waals surface area contributed by atoms with Gasteiger partial charge in [0.15, 0.2) is 0 Å². The lowest BCUT2D eigenvalue weighted by Gasteiger charge is -2.33. The van der Waals surface area contributed by atoms with E-state index in [4.69, 9.17) is 11.6 Å². The van der Waals surface area contributed by atoms with Crippen molar-refractivity contribution < 1.29 is 13.5 Å². The van der Waals surface area contributed by atoms with Gasteiger partial charge in [0.25, 0.3) is 0 Å². The molecule has 0 saturated carbocycles. The van der Waals surface area contributed by atoms with Gasteiger partial charge in [0.2, 0.25) is 3.54 Å². The molecule has 1 heterocycles. The maximum absolute atomic E-state index is 11.8. The average molecular weight is 273 g/mol. The summed E-state index contributed by atoms with van der Waals surface area (Å²) in [6.45, 7) is 2.00. The molecule has 1 N–H and O–H groups in total. The SMILES string of the molecule is CCCC[C@@H](O)C1(Cl)S(=O)CCCS1=O. The Morgan fingerprint density at radius 3 is 2.40 bits per heavy atom. The fourth-order valence-electron chi connectivity index (χ4n) is 1.58. The zero-order valence-electron chi connectivity index (χ0n) is 8.78. The molecule has 0 aliphatic carbocycles. The normalized spacial score (nSPS) is 38.9. The standard InChI is InChI=1S/C9H17ClO3S2/c1-2-3-5-8(11)9(10)14(12)6-4-7-15(9)13/h8,11H,2-7H2,1H3/t8-,9?,14?,15?/m1/s1. The highest BCUT2D eigenvalue weighted by Gasteiger charge is 2.49. The quantitative estimate of drug-likeness (QED) is 0.786. The first-order valence-corrected chi connectivity index (χ1v) is 8.19. The minimum absolute atomic E-state index is 0.443. The van der Waals surface area contributed by atoms with Crippen LogP contribution in [-0.4, -0.2) is 34.7 Å². The third-order valence-electron chi connectivity index (χ3n) is 2.51. The summed E-state index contributed by atoms with van der Waals surface area (Å²) in [5.74, 6) is 0.886. The number of rotatable bonds is 4. The zero-order valence-corrected chi connectivity index (χ0v) is 11.2. The van der Waals surface area contributed by atoms with Gasteiger partial charge in [-0.3, -0.25) is 8.42 Å². The molecule has 1 aliphatic heterocycles. The Balaban J connectivity index is 2.76. The van der Waals surface area contributed by atoms with Crippen molar-refractivity contribution in [1.82, 2.24) is 0 Å². The monoisotopic (exact) mass is 272 g/mol. The van der Waals surface area contributed by atoms with Gasteiger partial charge in [0.05, 0.1) is 27.7 Å². The molecule has 1 rings (SSSR count). The molecule has 0 amide bonds. The van der Waals surface area contributed by atoms with E-state index in [1.165, 1.54) is 0 Å². The van der Waals surface area contributed by atoms with E-state index in [9.17, 15) is 13.5 Å². The Labute approximate surface area is 100 Å². The van der Waals surface area contributed by atoms with Crippen LogP contribution in [0, 0.1) is 0 Å². The molecule has 0 aromatic carbocycles. The van der Waals surface area contributed by atoms with Crippen molar-refractivity contribution in [3.63, 3.8) is 0 Å². The number of hydrogen-bond donors (Lipinski definition) is 1. The van der Waals surface area contributed by atoms with Crippen molar-refractivity contribution in [2.45, 2.75) is 42.2 Å². The van der Waals surface area contributed by atoms with Gasteiger partial charge in [0, 0.05) is 11.5 Å². The molecule has 1 saturated heterocycles. The first-order valence-electron chi connectivity index (χ1n) is 5.17. The Hall–Kier alpha value is 0.550. The lowest BCUT2D eigenvalue weighted by Crippen LogP contribution is -2.49. The fraction of sp³-hybridized carbons (Fsp3) is 1.00. The predicted octanol–water partition coefficient (Wildman–Crippen LogP) is 1.33. The van der Waals surface area contributed by atoms with Crippen molar-refractivity contribution in [3.05, 3.63) is 0 Å². The van der Waals surface area contributed by atoms with Crippen LogP contribution in [0.2, 0.25) is 0 Å². The summed E-state index contributed by atoms with van der Waals surface area (Å²) in [5.41, 5.74) is 0. The van der Waals surface area contributed by atoms with Crippen LogP contribution >= 0.6 is 11.6 Å². The van der Waals surface area contributed by atoms with Gasteiger partial charge in [-0.25, -0.2) is 0 Å². The van der Waals surface area contributed by atoms with Gasteiger partial charge in [-0.15, -0.1) is 0 Å². The highest BCUT2D eigenvalue weighted by atomic mass is 35.5. The van der Waals surface area contributed by atoms with Crippen LogP contribution in [0.25, 0.3) is 0 Å². The second kappa shape index (κ2) is 5.75. The second-order valence-corrected chi connectivity index (χ2v) is 8.48. The molecule has 90 valence electrons. The van der Waals surface area contributed by atoms with Gasteiger partial charge >= 0.3 is 0 Å². The lowest BCUT2D eigenvalue weighted by molar-refractivity contribution is 0.166. The summed E-state index contributed by atoms with van der Waals surface area (Å²) >= 11 is 6.11. The van der Waals surface area contributed by atoms with Crippen molar-refractivity contribution in [1.29, 1.82) is 0 Å². The van der Waals surface area contributed by atoms with E-state index in [1.807, 2.05) is 6.92 Å². The van der Waals surface area contributed by atoms with Crippen molar-refractivity contribution in [2.24, 2.45) is 0 Å². The Morgan fingerprint density at radius 1 is 1.40 bits per heavy atom. The van der Waals surface area contributed by atoms with Crippen molar-refractivity contribution in [2.75, 3.05) is 11.5 Å². The molecule has 15 heavy (non-hydrogen) atoms. The topological polar surface area (TPSA) is 54.4 Å². The number of hydrogen-bond acceptors (Lipinski definition) is 3. The molecular formula is C9H17ClO3S2. The van der Waals surface area contributed by atoms with Crippen LogP contribution in [0.5, 0.6) is 0 Å². The van der Waals surface area contributed by atoms with Gasteiger partial charge in [-0.05, 0) is 12.8 Å². The number of alkyl halides is 1. The van der Waals surface area contributed by atoms with Crippen molar-refractivity contribution >= 4 is 33.2 Å². The van der Waals surface area contributed by atoms with E-state index >= 15 is 0 Å². The van der Waals surface area contributed by atoms with E-state index in [0.717, 1.165) is 12.8 Å². The lowest BCUT2D eigenvalue weighted by atomic mass is 10.2. The van der Waals surface area contributed by atoms with Crippen LogP contribution < -0.4 is 0 Å². The molecule has 0 spiro atoms. The smallest absolute Gasteiger partial charge is 0.218 e. The Kier molecular flexibility index (Phi) is 5.22. The third kappa shape index (κ3) is 2.81. The predicted molar refractivity (Wildman–Crippen MR) is 64.8 cm³/mol. The highest BCUT2D eigenvalue weighted by Crippen LogP contribution is 2.35. The molecule has 0 bridgehead atoms. The van der Waals surface area contributed by atoms with E-state index in [0.29, 0.717) is 24.3 Å². The molecular weight excluding hydrogens is 256 g/mol. The number of halogens is 1. The molecule has 0 aromatic heterocycles. The van der Waals surface area contributed by atoms with E-state index in [1.54, 1.807) is 0 Å². The summed E-state index contributed by atoms with van der Waals surface area (Å²) < 4.78 is 22.1. The number of aliphatic hydroxyl groups excluding tert-OH is 1. The maximum Gasteiger partial charge on any atom is 0.218 e. The first kappa shape index (κ1) is 13.6. The molecule has 3 nitrogen and oxygen atoms in total. The minimum Gasteiger partial charge on any atom is -0.389 e. The molecule has 0 radical (unpaired) electrons. The third-order valence-corrected chi connectivity index (χ3v) is 8.01. The van der Waals surface area contributed by atoms with Gasteiger partial charge in [0.1, 0.15) is 0 Å². The second-order valence-electron chi connectivity index (χ2n) is 3.69. The van der Waals surface area contributed by atoms with E-state index in [-0.39, 0.29) is 0 Å². The molecule has 3 atom stereocenters. The molecule has 1 fully saturated rings. The summed E-state index contributed by atoms with van der Waals surface area (Å²) in [6, 6.07) is 0. The van der Waals surface area contributed by atoms with Crippen LogP contribution in [-0.2, 0) is 21.6 Å². The minimum atomic E-state index is -1.42. The summed E-state index contributed by atoms with van der Waals surface area (Å²) in [6.07, 6.45) is 1.94. The molecule has 1 aliphatic rings. The molecule has 2 unspecified atom stereocenters. The summed E-state index contributed by atoms with van der Waals surface area (Å²) in [5, 5.41) is 9.89. The van der Waals surface area contributed by atoms with Gasteiger partial charge < -0.3 is 5.11 Å². The van der Waals surface area contributed by atoms with Crippen LogP contribution in [0.3, 0.4) is 0 Å². The van der Waals surface area contributed by atoms with E-state index in [2.05, 4.69) is 0 Å². The summed E-state index contributed by atoms with van der Waals surface area (Å²) in [7, 11) is -2.78. The molecule has 0 aromatic rings.